The summed E-state index contributed by atoms with van der Waals surface area (Å²) in [5.41, 5.74) is 2.28. The Morgan fingerprint density at radius 2 is 2.10 bits per heavy atom. The van der Waals surface area contributed by atoms with Gasteiger partial charge in [0.2, 0.25) is 0 Å². The smallest absolute Gasteiger partial charge is 0.278 e. The monoisotopic (exact) mass is 272 g/mol. The second-order valence-electron chi connectivity index (χ2n) is 5.95. The first-order valence-electron chi connectivity index (χ1n) is 7.02. The highest BCUT2D eigenvalue weighted by Crippen LogP contribution is 2.39. The zero-order chi connectivity index (χ0) is 14.0. The van der Waals surface area contributed by atoms with Crippen molar-refractivity contribution in [2.45, 2.75) is 45.2 Å². The Morgan fingerprint density at radius 3 is 2.75 bits per heavy atom. The maximum atomic E-state index is 12.5. The van der Waals surface area contributed by atoms with E-state index in [9.17, 15) is 9.59 Å². The molecule has 6 nitrogen and oxygen atoms in total. The number of nitrogens with zero attached hydrogens (tertiary/aromatic N) is 3. The van der Waals surface area contributed by atoms with Gasteiger partial charge >= 0.3 is 0 Å². The zero-order valence-corrected chi connectivity index (χ0v) is 11.5. The molecule has 1 aliphatic carbocycles. The lowest BCUT2D eigenvalue weighted by atomic mass is 10.2. The molecule has 1 aliphatic heterocycles. The normalized spacial score (nSPS) is 18.4. The highest BCUT2D eigenvalue weighted by atomic mass is 16.2. The fourth-order valence-electron chi connectivity index (χ4n) is 2.80. The first kappa shape index (κ1) is 11.7. The molecule has 0 spiro atoms. The third-order valence-electron chi connectivity index (χ3n) is 4.16. The Kier molecular flexibility index (Phi) is 2.17. The number of carbonyl (C=O) groups is 1. The molecule has 0 unspecified atom stereocenters. The lowest BCUT2D eigenvalue weighted by molar-refractivity contribution is 0.0726. The van der Waals surface area contributed by atoms with E-state index in [1.165, 1.54) is 4.52 Å². The first-order valence-corrected chi connectivity index (χ1v) is 7.02. The lowest BCUT2D eigenvalue weighted by Crippen LogP contribution is -2.31. The molecule has 0 radical (unpaired) electrons. The molecule has 2 aliphatic rings. The van der Waals surface area contributed by atoms with Crippen LogP contribution in [0.2, 0.25) is 0 Å². The van der Waals surface area contributed by atoms with Crippen LogP contribution >= 0.6 is 0 Å². The van der Waals surface area contributed by atoms with Crippen molar-refractivity contribution >= 4 is 11.6 Å². The number of H-pyrrole nitrogens is 1. The van der Waals surface area contributed by atoms with Crippen LogP contribution in [0.4, 0.5) is 0 Å². The van der Waals surface area contributed by atoms with Crippen LogP contribution in [0.5, 0.6) is 0 Å². The van der Waals surface area contributed by atoms with Gasteiger partial charge in [-0.05, 0) is 26.7 Å². The maximum Gasteiger partial charge on any atom is 0.278 e. The van der Waals surface area contributed by atoms with Crippen molar-refractivity contribution in [1.82, 2.24) is 19.5 Å². The van der Waals surface area contributed by atoms with Crippen LogP contribution in [-0.4, -0.2) is 31.4 Å². The van der Waals surface area contributed by atoms with Crippen molar-refractivity contribution in [2.24, 2.45) is 0 Å². The zero-order valence-electron chi connectivity index (χ0n) is 11.5. The summed E-state index contributed by atoms with van der Waals surface area (Å²) in [4.78, 5) is 30.9. The van der Waals surface area contributed by atoms with Crippen LogP contribution in [0.15, 0.2) is 10.9 Å². The molecule has 0 aromatic carbocycles. The number of amides is 1. The number of nitrogens with one attached hydrogen (secondary N) is 1. The Bertz CT molecular complexity index is 782. The van der Waals surface area contributed by atoms with Crippen molar-refractivity contribution in [2.75, 3.05) is 0 Å². The van der Waals surface area contributed by atoms with Gasteiger partial charge in [-0.2, -0.15) is 0 Å². The highest BCUT2D eigenvalue weighted by molar-refractivity contribution is 5.96. The van der Waals surface area contributed by atoms with E-state index >= 15 is 0 Å². The van der Waals surface area contributed by atoms with Gasteiger partial charge in [0, 0.05) is 23.7 Å². The molecule has 2 aromatic heterocycles. The predicted octanol–water partition coefficient (Wildman–Crippen LogP) is 1.26. The van der Waals surface area contributed by atoms with E-state index in [-0.39, 0.29) is 17.5 Å². The van der Waals surface area contributed by atoms with Crippen molar-refractivity contribution in [3.05, 3.63) is 33.4 Å². The molecule has 6 heteroatoms. The molecule has 1 N–H and O–H groups in total. The van der Waals surface area contributed by atoms with Gasteiger partial charge < -0.3 is 4.90 Å². The number of aromatic amines is 1. The Morgan fingerprint density at radius 1 is 1.35 bits per heavy atom. The molecule has 4 rings (SSSR count). The molecule has 3 heterocycles. The number of carbonyl (C=O) groups excluding carboxylic acids is 1. The van der Waals surface area contributed by atoms with E-state index < -0.39 is 0 Å². The molecular weight excluding hydrogens is 256 g/mol. The Hall–Kier alpha value is -2.11. The molecule has 0 atom stereocenters. The molecule has 1 fully saturated rings. The van der Waals surface area contributed by atoms with E-state index in [0.29, 0.717) is 29.4 Å². The second-order valence-corrected chi connectivity index (χ2v) is 5.95. The summed E-state index contributed by atoms with van der Waals surface area (Å²) < 4.78 is 1.48. The molecule has 0 bridgehead atoms. The summed E-state index contributed by atoms with van der Waals surface area (Å²) >= 11 is 0. The van der Waals surface area contributed by atoms with Crippen molar-refractivity contribution in [3.63, 3.8) is 0 Å². The van der Waals surface area contributed by atoms with Gasteiger partial charge in [-0.1, -0.05) is 0 Å². The summed E-state index contributed by atoms with van der Waals surface area (Å²) in [6, 6.07) is 1.96. The van der Waals surface area contributed by atoms with E-state index in [0.717, 1.165) is 18.5 Å². The average Bonchev–Trinajstić information content (AvgIpc) is 3.08. The molecular formula is C14H16N4O2. The average molecular weight is 272 g/mol. The first-order chi connectivity index (χ1) is 9.56. The van der Waals surface area contributed by atoms with Gasteiger partial charge in [0.05, 0.1) is 12.1 Å². The van der Waals surface area contributed by atoms with Crippen molar-refractivity contribution in [3.8, 4) is 0 Å². The summed E-state index contributed by atoms with van der Waals surface area (Å²) in [5, 5.41) is 3.13. The molecule has 104 valence electrons. The second kappa shape index (κ2) is 3.71. The van der Waals surface area contributed by atoms with Crippen LogP contribution in [0, 0.1) is 0 Å². The number of rotatable bonds is 2. The third-order valence-corrected chi connectivity index (χ3v) is 4.16. The predicted molar refractivity (Wildman–Crippen MR) is 72.8 cm³/mol. The number of fused-ring (bicyclic) bond motifs is 2. The fourth-order valence-corrected chi connectivity index (χ4v) is 2.80. The van der Waals surface area contributed by atoms with Gasteiger partial charge in [-0.15, -0.1) is 0 Å². The number of hydrogen-bond acceptors (Lipinski definition) is 3. The fraction of sp³-hybridized carbons (Fsp3) is 0.500. The van der Waals surface area contributed by atoms with Crippen LogP contribution in [0.25, 0.3) is 5.65 Å². The molecule has 20 heavy (non-hydrogen) atoms. The van der Waals surface area contributed by atoms with E-state index in [1.807, 2.05) is 19.9 Å². The van der Waals surface area contributed by atoms with Gasteiger partial charge in [0.1, 0.15) is 5.69 Å². The van der Waals surface area contributed by atoms with Gasteiger partial charge in [-0.3, -0.25) is 14.7 Å². The number of hydrogen-bond donors (Lipinski definition) is 1. The van der Waals surface area contributed by atoms with Crippen molar-refractivity contribution in [1.29, 1.82) is 0 Å². The van der Waals surface area contributed by atoms with Gasteiger partial charge in [-0.25, -0.2) is 9.50 Å². The SMILES string of the molecule is CC(C)N1Cc2c(nc3cc(C4CC4)[nH]n3c2=O)C1=O. The van der Waals surface area contributed by atoms with Crippen LogP contribution < -0.4 is 5.56 Å². The molecule has 1 saturated carbocycles. The molecule has 0 saturated heterocycles. The minimum atomic E-state index is -0.145. The van der Waals surface area contributed by atoms with Gasteiger partial charge in [0.15, 0.2) is 5.65 Å². The van der Waals surface area contributed by atoms with Crippen molar-refractivity contribution < 1.29 is 4.79 Å². The highest BCUT2D eigenvalue weighted by Gasteiger charge is 2.34. The van der Waals surface area contributed by atoms with E-state index in [1.54, 1.807) is 4.90 Å². The third kappa shape index (κ3) is 1.47. The summed E-state index contributed by atoms with van der Waals surface area (Å²) in [5.74, 6) is 0.387. The summed E-state index contributed by atoms with van der Waals surface area (Å²) in [7, 11) is 0. The number of aromatic nitrogens is 3. The minimum Gasteiger partial charge on any atom is -0.330 e. The van der Waals surface area contributed by atoms with Crippen LogP contribution in [0.1, 0.15) is 54.4 Å². The Balaban J connectivity index is 1.91. The van der Waals surface area contributed by atoms with E-state index in [2.05, 4.69) is 10.1 Å². The topological polar surface area (TPSA) is 70.5 Å². The standard InChI is InChI=1S/C14H16N4O2/c1-7(2)17-6-9-12(14(17)20)15-11-5-10(8-3-4-8)16-18(11)13(9)19/h5,7-8,16H,3-4,6H2,1-2H3. The summed E-state index contributed by atoms with van der Waals surface area (Å²) in [6.07, 6.45) is 2.31. The van der Waals surface area contributed by atoms with Crippen LogP contribution in [-0.2, 0) is 6.54 Å². The molecule has 1 amide bonds. The maximum absolute atomic E-state index is 12.5. The largest absolute Gasteiger partial charge is 0.330 e. The van der Waals surface area contributed by atoms with Crippen LogP contribution in [0.3, 0.4) is 0 Å². The van der Waals surface area contributed by atoms with Gasteiger partial charge in [0.25, 0.3) is 11.5 Å². The summed E-state index contributed by atoms with van der Waals surface area (Å²) in [6.45, 7) is 4.25. The quantitative estimate of drug-likeness (QED) is 0.894. The Labute approximate surface area is 115 Å². The minimum absolute atomic E-state index is 0.0708. The molecule has 2 aromatic rings. The van der Waals surface area contributed by atoms with E-state index in [4.69, 9.17) is 0 Å². The lowest BCUT2D eigenvalue weighted by Gasteiger charge is -2.19.